The Balaban J connectivity index is 1.94. The van der Waals surface area contributed by atoms with E-state index < -0.39 is 0 Å². The highest BCUT2D eigenvalue weighted by Gasteiger charge is 2.32. The van der Waals surface area contributed by atoms with Crippen LogP contribution in [0.2, 0.25) is 0 Å². The lowest BCUT2D eigenvalue weighted by Gasteiger charge is -2.45. The molecule has 0 spiro atoms. The fourth-order valence-electron chi connectivity index (χ4n) is 2.96. The van der Waals surface area contributed by atoms with E-state index >= 15 is 0 Å². The molecule has 1 fully saturated rings. The van der Waals surface area contributed by atoms with E-state index in [-0.39, 0.29) is 5.54 Å². The van der Waals surface area contributed by atoms with Gasteiger partial charge in [0, 0.05) is 36.1 Å². The van der Waals surface area contributed by atoms with Gasteiger partial charge in [-0.15, -0.1) is 11.3 Å². The summed E-state index contributed by atoms with van der Waals surface area (Å²) in [5, 5.41) is 5.88. The van der Waals surface area contributed by atoms with Crippen LogP contribution >= 0.6 is 11.3 Å². The lowest BCUT2D eigenvalue weighted by molar-refractivity contribution is 0.0840. The van der Waals surface area contributed by atoms with Crippen LogP contribution in [-0.2, 0) is 6.42 Å². The van der Waals surface area contributed by atoms with Gasteiger partial charge in [0.25, 0.3) is 0 Å². The van der Waals surface area contributed by atoms with Gasteiger partial charge in [-0.1, -0.05) is 19.9 Å². The highest BCUT2D eigenvalue weighted by Crippen LogP contribution is 2.21. The van der Waals surface area contributed by atoms with Gasteiger partial charge in [-0.05, 0) is 44.1 Å². The van der Waals surface area contributed by atoms with E-state index in [9.17, 15) is 0 Å². The van der Waals surface area contributed by atoms with Crippen LogP contribution in [0.1, 0.15) is 39.0 Å². The van der Waals surface area contributed by atoms with Gasteiger partial charge in [0.15, 0.2) is 0 Å². The standard InChI is InChI=1S/C16H28N2S/c1-13(2)10-14-11-17-16(3,4)12-18(14)8-7-15-6-5-9-19-15/h5-6,9,13-14,17H,7-8,10-12H2,1-4H3. The predicted molar refractivity (Wildman–Crippen MR) is 84.9 cm³/mol. The van der Waals surface area contributed by atoms with Crippen molar-refractivity contribution in [2.24, 2.45) is 5.92 Å². The summed E-state index contributed by atoms with van der Waals surface area (Å²) < 4.78 is 0. The van der Waals surface area contributed by atoms with Crippen molar-refractivity contribution in [1.82, 2.24) is 10.2 Å². The number of hydrogen-bond acceptors (Lipinski definition) is 3. The topological polar surface area (TPSA) is 15.3 Å². The molecule has 1 N–H and O–H groups in total. The molecule has 0 bridgehead atoms. The molecule has 1 aliphatic rings. The summed E-state index contributed by atoms with van der Waals surface area (Å²) in [4.78, 5) is 4.22. The molecular formula is C16H28N2S. The minimum absolute atomic E-state index is 0.253. The number of hydrogen-bond donors (Lipinski definition) is 1. The molecule has 0 saturated carbocycles. The highest BCUT2D eigenvalue weighted by molar-refractivity contribution is 7.09. The molecule has 108 valence electrons. The van der Waals surface area contributed by atoms with Crippen molar-refractivity contribution in [3.8, 4) is 0 Å². The Hall–Kier alpha value is -0.380. The second-order valence-electron chi connectivity index (χ2n) is 6.85. The van der Waals surface area contributed by atoms with E-state index in [0.29, 0.717) is 6.04 Å². The van der Waals surface area contributed by atoms with Crippen LogP contribution in [-0.4, -0.2) is 36.1 Å². The lowest BCUT2D eigenvalue weighted by Crippen LogP contribution is -2.62. The average Bonchev–Trinajstić information content (AvgIpc) is 2.81. The molecule has 0 radical (unpaired) electrons. The molecule has 0 aliphatic carbocycles. The first-order chi connectivity index (χ1) is 8.96. The zero-order valence-corrected chi connectivity index (χ0v) is 13.6. The largest absolute Gasteiger partial charge is 0.309 e. The first-order valence-corrected chi connectivity index (χ1v) is 8.36. The molecule has 0 amide bonds. The molecule has 1 aromatic heterocycles. The van der Waals surface area contributed by atoms with Crippen LogP contribution in [0, 0.1) is 5.92 Å². The Morgan fingerprint density at radius 3 is 2.89 bits per heavy atom. The average molecular weight is 280 g/mol. The molecule has 1 aliphatic heterocycles. The summed E-state index contributed by atoms with van der Waals surface area (Å²) in [6, 6.07) is 5.12. The van der Waals surface area contributed by atoms with Crippen molar-refractivity contribution in [2.45, 2.75) is 52.1 Å². The predicted octanol–water partition coefficient (Wildman–Crippen LogP) is 3.39. The number of nitrogens with one attached hydrogen (secondary N) is 1. The Bertz CT molecular complexity index is 370. The maximum absolute atomic E-state index is 3.70. The number of nitrogens with zero attached hydrogens (tertiary/aromatic N) is 1. The van der Waals surface area contributed by atoms with Gasteiger partial charge in [-0.3, -0.25) is 4.90 Å². The van der Waals surface area contributed by atoms with Crippen molar-refractivity contribution in [1.29, 1.82) is 0 Å². The van der Waals surface area contributed by atoms with Gasteiger partial charge < -0.3 is 5.32 Å². The first-order valence-electron chi connectivity index (χ1n) is 7.48. The van der Waals surface area contributed by atoms with Gasteiger partial charge in [0.05, 0.1) is 0 Å². The van der Waals surface area contributed by atoms with Crippen molar-refractivity contribution in [2.75, 3.05) is 19.6 Å². The molecule has 19 heavy (non-hydrogen) atoms. The normalized spacial score (nSPS) is 23.9. The zero-order valence-electron chi connectivity index (χ0n) is 12.8. The molecule has 2 rings (SSSR count). The monoisotopic (exact) mass is 280 g/mol. The zero-order chi connectivity index (χ0) is 13.9. The van der Waals surface area contributed by atoms with E-state index in [1.54, 1.807) is 0 Å². The maximum Gasteiger partial charge on any atom is 0.0252 e. The van der Waals surface area contributed by atoms with E-state index in [1.165, 1.54) is 24.3 Å². The van der Waals surface area contributed by atoms with Crippen molar-refractivity contribution in [3.05, 3.63) is 22.4 Å². The van der Waals surface area contributed by atoms with Gasteiger partial charge in [0.1, 0.15) is 0 Å². The van der Waals surface area contributed by atoms with Crippen LogP contribution < -0.4 is 5.32 Å². The van der Waals surface area contributed by atoms with Gasteiger partial charge in [-0.25, -0.2) is 0 Å². The number of piperazine rings is 1. The second kappa shape index (κ2) is 6.38. The molecule has 1 aromatic rings. The lowest BCUT2D eigenvalue weighted by atomic mass is 9.94. The SMILES string of the molecule is CC(C)CC1CNC(C)(C)CN1CCc1cccs1. The molecule has 1 unspecified atom stereocenters. The Morgan fingerprint density at radius 2 is 2.26 bits per heavy atom. The third kappa shape index (κ3) is 4.59. The smallest absolute Gasteiger partial charge is 0.0252 e. The van der Waals surface area contributed by atoms with Crippen molar-refractivity contribution < 1.29 is 0 Å². The summed E-state index contributed by atoms with van der Waals surface area (Å²) in [6.07, 6.45) is 2.50. The minimum Gasteiger partial charge on any atom is -0.309 e. The fourth-order valence-corrected chi connectivity index (χ4v) is 3.66. The van der Waals surface area contributed by atoms with Crippen LogP contribution in [0.4, 0.5) is 0 Å². The van der Waals surface area contributed by atoms with Crippen LogP contribution in [0.25, 0.3) is 0 Å². The van der Waals surface area contributed by atoms with E-state index in [4.69, 9.17) is 0 Å². The molecule has 3 heteroatoms. The quantitative estimate of drug-likeness (QED) is 0.889. The summed E-state index contributed by atoms with van der Waals surface area (Å²) in [6.45, 7) is 12.8. The van der Waals surface area contributed by atoms with E-state index in [0.717, 1.165) is 19.0 Å². The molecule has 2 heterocycles. The third-order valence-electron chi connectivity index (χ3n) is 3.90. The molecule has 0 aromatic carbocycles. The summed E-state index contributed by atoms with van der Waals surface area (Å²) >= 11 is 1.88. The Morgan fingerprint density at radius 1 is 1.47 bits per heavy atom. The summed E-state index contributed by atoms with van der Waals surface area (Å²) in [7, 11) is 0. The maximum atomic E-state index is 3.70. The Kier molecular flexibility index (Phi) is 5.04. The Labute approximate surface area is 122 Å². The molecule has 1 saturated heterocycles. The van der Waals surface area contributed by atoms with Gasteiger partial charge in [0.2, 0.25) is 0 Å². The van der Waals surface area contributed by atoms with Crippen molar-refractivity contribution in [3.63, 3.8) is 0 Å². The number of thiophene rings is 1. The summed E-state index contributed by atoms with van der Waals surface area (Å²) in [5.74, 6) is 0.775. The van der Waals surface area contributed by atoms with Gasteiger partial charge in [-0.2, -0.15) is 0 Å². The minimum atomic E-state index is 0.253. The van der Waals surface area contributed by atoms with Crippen LogP contribution in [0.15, 0.2) is 17.5 Å². The molecule has 1 atom stereocenters. The third-order valence-corrected chi connectivity index (χ3v) is 4.84. The van der Waals surface area contributed by atoms with Crippen molar-refractivity contribution >= 4 is 11.3 Å². The fraction of sp³-hybridized carbons (Fsp3) is 0.750. The molecule has 2 nitrogen and oxygen atoms in total. The van der Waals surface area contributed by atoms with Crippen LogP contribution in [0.3, 0.4) is 0 Å². The second-order valence-corrected chi connectivity index (χ2v) is 7.88. The molecular weight excluding hydrogens is 252 g/mol. The number of rotatable bonds is 5. The van der Waals surface area contributed by atoms with E-state index in [2.05, 4.69) is 55.4 Å². The van der Waals surface area contributed by atoms with Gasteiger partial charge >= 0.3 is 0 Å². The van der Waals surface area contributed by atoms with E-state index in [1.807, 2.05) is 11.3 Å². The summed E-state index contributed by atoms with van der Waals surface area (Å²) in [5.41, 5.74) is 0.253. The first kappa shape index (κ1) is 15.0. The van der Waals surface area contributed by atoms with Crippen LogP contribution in [0.5, 0.6) is 0 Å². The highest BCUT2D eigenvalue weighted by atomic mass is 32.1.